The highest BCUT2D eigenvalue weighted by Crippen LogP contribution is 2.16. The van der Waals surface area contributed by atoms with Gasteiger partial charge in [0.2, 0.25) is 0 Å². The van der Waals surface area contributed by atoms with E-state index in [1.165, 1.54) is 25.7 Å². The number of aldehydes is 1. The van der Waals surface area contributed by atoms with Gasteiger partial charge in [0.25, 0.3) is 0 Å². The maximum Gasteiger partial charge on any atom is 0.122 e. The molecule has 0 aliphatic carbocycles. The van der Waals surface area contributed by atoms with Crippen LogP contribution < -0.4 is 0 Å². The molecule has 0 heterocycles. The first-order chi connectivity index (χ1) is 5.70. The van der Waals surface area contributed by atoms with Gasteiger partial charge >= 0.3 is 0 Å². The highest BCUT2D eigenvalue weighted by atomic mass is 16.1. The van der Waals surface area contributed by atoms with Crippen LogP contribution in [0.25, 0.3) is 0 Å². The summed E-state index contributed by atoms with van der Waals surface area (Å²) in [6.07, 6.45) is 7.36. The molecule has 0 aromatic carbocycles. The molecule has 12 heavy (non-hydrogen) atoms. The van der Waals surface area contributed by atoms with Crippen LogP contribution >= 0.6 is 0 Å². The van der Waals surface area contributed by atoms with E-state index in [-0.39, 0.29) is 5.92 Å². The first-order valence-electron chi connectivity index (χ1n) is 5.16. The lowest BCUT2D eigenvalue weighted by Crippen LogP contribution is -2.04. The minimum Gasteiger partial charge on any atom is -0.303 e. The van der Waals surface area contributed by atoms with Crippen LogP contribution in [0.3, 0.4) is 0 Å². The Hall–Kier alpha value is -0.330. The second-order valence-corrected chi connectivity index (χ2v) is 3.95. The average molecular weight is 170 g/mol. The lowest BCUT2D eigenvalue weighted by Gasteiger charge is -2.12. The van der Waals surface area contributed by atoms with Crippen LogP contribution in [0.4, 0.5) is 0 Å². The third-order valence-corrected chi connectivity index (χ3v) is 2.31. The molecule has 0 saturated heterocycles. The minimum atomic E-state index is 0.252. The van der Waals surface area contributed by atoms with Crippen molar-refractivity contribution >= 4 is 6.29 Å². The molecule has 0 spiro atoms. The van der Waals surface area contributed by atoms with Crippen molar-refractivity contribution in [3.05, 3.63) is 0 Å². The Morgan fingerprint density at radius 2 is 1.92 bits per heavy atom. The lowest BCUT2D eigenvalue weighted by molar-refractivity contribution is -0.111. The van der Waals surface area contributed by atoms with Gasteiger partial charge in [-0.25, -0.2) is 0 Å². The topological polar surface area (TPSA) is 17.1 Å². The van der Waals surface area contributed by atoms with E-state index in [1.807, 2.05) is 6.92 Å². The third kappa shape index (κ3) is 6.38. The Bertz CT molecular complexity index is 110. The van der Waals surface area contributed by atoms with Crippen molar-refractivity contribution in [1.82, 2.24) is 0 Å². The quantitative estimate of drug-likeness (QED) is 0.422. The van der Waals surface area contributed by atoms with Crippen molar-refractivity contribution in [2.24, 2.45) is 11.8 Å². The van der Waals surface area contributed by atoms with Gasteiger partial charge in [-0.2, -0.15) is 0 Å². The van der Waals surface area contributed by atoms with Gasteiger partial charge in [0.05, 0.1) is 0 Å². The molecule has 0 amide bonds. The van der Waals surface area contributed by atoms with E-state index in [0.29, 0.717) is 0 Å². The predicted octanol–water partition coefficient (Wildman–Crippen LogP) is 3.43. The highest BCUT2D eigenvalue weighted by Gasteiger charge is 2.06. The summed E-state index contributed by atoms with van der Waals surface area (Å²) in [4.78, 5) is 10.4. The second-order valence-electron chi connectivity index (χ2n) is 3.95. The van der Waals surface area contributed by atoms with Crippen molar-refractivity contribution in [2.75, 3.05) is 0 Å². The number of rotatable bonds is 7. The van der Waals surface area contributed by atoms with Gasteiger partial charge in [0.15, 0.2) is 0 Å². The van der Waals surface area contributed by atoms with Gasteiger partial charge in [-0.05, 0) is 12.3 Å². The zero-order valence-electron chi connectivity index (χ0n) is 8.68. The zero-order chi connectivity index (χ0) is 9.40. The highest BCUT2D eigenvalue weighted by molar-refractivity contribution is 5.52. The monoisotopic (exact) mass is 170 g/mol. The SMILES string of the molecule is CCCCCC(C)CC(C)C=O. The summed E-state index contributed by atoms with van der Waals surface area (Å²) in [5.41, 5.74) is 0. The Kier molecular flexibility index (Phi) is 7.12. The molecular weight excluding hydrogens is 148 g/mol. The van der Waals surface area contributed by atoms with E-state index in [0.717, 1.165) is 18.6 Å². The Balaban J connectivity index is 3.32. The van der Waals surface area contributed by atoms with Crippen LogP contribution in [0.2, 0.25) is 0 Å². The molecule has 72 valence electrons. The van der Waals surface area contributed by atoms with E-state index in [9.17, 15) is 4.79 Å². The van der Waals surface area contributed by atoms with Gasteiger partial charge in [0, 0.05) is 5.92 Å². The van der Waals surface area contributed by atoms with E-state index >= 15 is 0 Å². The van der Waals surface area contributed by atoms with Gasteiger partial charge in [-0.1, -0.05) is 46.5 Å². The maximum atomic E-state index is 10.4. The molecule has 0 aliphatic rings. The number of carbonyl (C=O) groups is 1. The van der Waals surface area contributed by atoms with Gasteiger partial charge in [-0.15, -0.1) is 0 Å². The molecule has 0 aromatic rings. The maximum absolute atomic E-state index is 10.4. The van der Waals surface area contributed by atoms with Crippen LogP contribution in [0.1, 0.15) is 52.9 Å². The number of carbonyl (C=O) groups excluding carboxylic acids is 1. The predicted molar refractivity (Wildman–Crippen MR) is 53.2 cm³/mol. The number of hydrogen-bond donors (Lipinski definition) is 0. The van der Waals surface area contributed by atoms with Crippen molar-refractivity contribution in [2.45, 2.75) is 52.9 Å². The van der Waals surface area contributed by atoms with Crippen LogP contribution in [-0.4, -0.2) is 6.29 Å². The van der Waals surface area contributed by atoms with Gasteiger partial charge < -0.3 is 4.79 Å². The molecule has 2 atom stereocenters. The standard InChI is InChI=1S/C11H22O/c1-4-5-6-7-10(2)8-11(3)9-12/h9-11H,4-8H2,1-3H3. The fourth-order valence-electron chi connectivity index (χ4n) is 1.55. The summed E-state index contributed by atoms with van der Waals surface area (Å²) >= 11 is 0. The molecule has 0 radical (unpaired) electrons. The zero-order valence-corrected chi connectivity index (χ0v) is 8.68. The largest absolute Gasteiger partial charge is 0.303 e. The fraction of sp³-hybridized carbons (Fsp3) is 0.909. The summed E-state index contributed by atoms with van der Waals surface area (Å²) in [6, 6.07) is 0. The van der Waals surface area contributed by atoms with Crippen LogP contribution in [0, 0.1) is 11.8 Å². The summed E-state index contributed by atoms with van der Waals surface area (Å²) in [5, 5.41) is 0. The van der Waals surface area contributed by atoms with Crippen molar-refractivity contribution in [3.8, 4) is 0 Å². The molecular formula is C11H22O. The number of hydrogen-bond acceptors (Lipinski definition) is 1. The van der Waals surface area contributed by atoms with Crippen molar-refractivity contribution < 1.29 is 4.79 Å². The van der Waals surface area contributed by atoms with Crippen LogP contribution in [-0.2, 0) is 4.79 Å². The molecule has 0 aromatic heterocycles. The normalized spacial score (nSPS) is 15.6. The van der Waals surface area contributed by atoms with E-state index < -0.39 is 0 Å². The van der Waals surface area contributed by atoms with Crippen molar-refractivity contribution in [3.63, 3.8) is 0 Å². The molecule has 0 rings (SSSR count). The van der Waals surface area contributed by atoms with Gasteiger partial charge in [-0.3, -0.25) is 0 Å². The smallest absolute Gasteiger partial charge is 0.122 e. The molecule has 0 saturated carbocycles. The molecule has 1 heteroatoms. The van der Waals surface area contributed by atoms with E-state index in [2.05, 4.69) is 13.8 Å². The van der Waals surface area contributed by atoms with Crippen LogP contribution in [0.5, 0.6) is 0 Å². The van der Waals surface area contributed by atoms with E-state index in [1.54, 1.807) is 0 Å². The molecule has 0 fully saturated rings. The number of unbranched alkanes of at least 4 members (excludes halogenated alkanes) is 2. The summed E-state index contributed by atoms with van der Waals surface area (Å²) in [7, 11) is 0. The Morgan fingerprint density at radius 3 is 2.42 bits per heavy atom. The first-order valence-corrected chi connectivity index (χ1v) is 5.16. The summed E-state index contributed by atoms with van der Waals surface area (Å²) in [6.45, 7) is 6.47. The summed E-state index contributed by atoms with van der Waals surface area (Å²) < 4.78 is 0. The Labute approximate surface area is 76.6 Å². The average Bonchev–Trinajstić information content (AvgIpc) is 2.05. The van der Waals surface area contributed by atoms with Gasteiger partial charge in [0.1, 0.15) is 6.29 Å². The van der Waals surface area contributed by atoms with E-state index in [4.69, 9.17) is 0 Å². The van der Waals surface area contributed by atoms with Crippen LogP contribution in [0.15, 0.2) is 0 Å². The minimum absolute atomic E-state index is 0.252. The first kappa shape index (κ1) is 11.7. The lowest BCUT2D eigenvalue weighted by atomic mass is 9.93. The third-order valence-electron chi connectivity index (χ3n) is 2.31. The van der Waals surface area contributed by atoms with Crippen molar-refractivity contribution in [1.29, 1.82) is 0 Å². The fourth-order valence-corrected chi connectivity index (χ4v) is 1.55. The summed E-state index contributed by atoms with van der Waals surface area (Å²) in [5.74, 6) is 0.971. The molecule has 0 bridgehead atoms. The second kappa shape index (κ2) is 7.33. The molecule has 1 nitrogen and oxygen atoms in total. The molecule has 0 N–H and O–H groups in total. The Morgan fingerprint density at radius 1 is 1.25 bits per heavy atom. The molecule has 0 aliphatic heterocycles. The molecule has 2 unspecified atom stereocenters.